The van der Waals surface area contributed by atoms with Gasteiger partial charge in [0.1, 0.15) is 0 Å². The van der Waals surface area contributed by atoms with Crippen molar-refractivity contribution in [2.75, 3.05) is 18.6 Å². The van der Waals surface area contributed by atoms with Gasteiger partial charge in [0, 0.05) is 64.4 Å². The van der Waals surface area contributed by atoms with Crippen molar-refractivity contribution >= 4 is 22.4 Å². The van der Waals surface area contributed by atoms with Crippen molar-refractivity contribution in [2.45, 2.75) is 70.9 Å². The largest absolute Gasteiger partial charge is 0.393 e. The number of alkyl halides is 3. The highest BCUT2D eigenvalue weighted by Gasteiger charge is 2.40. The van der Waals surface area contributed by atoms with Crippen molar-refractivity contribution in [2.24, 2.45) is 5.92 Å². The summed E-state index contributed by atoms with van der Waals surface area (Å²) in [6.07, 6.45) is -1.10. The zero-order valence-electron chi connectivity index (χ0n) is 22.9. The highest BCUT2D eigenvalue weighted by molar-refractivity contribution is 7.85. The number of halogens is 4. The molecule has 1 saturated heterocycles. The molecule has 2 aliphatic rings. The standard InChI is InChI=1S/C19H17F4N3.C7H13NO2S.C2H6/c1-18(2)9-13(12-5-3-11(4-6-12)8-19(21,22)23)14-10-24-16-7-15(20)25-26(16)17(14)18;1-8-7(9)6-2-4-11(10)5-3-6;1-2/h3-7,10,13H,8-9H2,1-2H3;6H,2-5H2,1H3,(H,8,9);1-2H3. The fourth-order valence-corrected chi connectivity index (χ4v) is 6.52. The summed E-state index contributed by atoms with van der Waals surface area (Å²) in [6, 6.07) is 7.81. The number of amides is 1. The molecule has 1 fully saturated rings. The van der Waals surface area contributed by atoms with E-state index in [-0.39, 0.29) is 28.7 Å². The summed E-state index contributed by atoms with van der Waals surface area (Å²) in [5.74, 6) is 1.00. The van der Waals surface area contributed by atoms with Gasteiger partial charge in [0.2, 0.25) is 11.9 Å². The van der Waals surface area contributed by atoms with Gasteiger partial charge < -0.3 is 5.32 Å². The van der Waals surface area contributed by atoms with Crippen LogP contribution in [0, 0.1) is 11.9 Å². The highest BCUT2D eigenvalue weighted by atomic mass is 32.2. The predicted molar refractivity (Wildman–Crippen MR) is 145 cm³/mol. The first-order valence-corrected chi connectivity index (χ1v) is 14.6. The van der Waals surface area contributed by atoms with E-state index in [1.54, 1.807) is 29.9 Å². The molecule has 1 atom stereocenters. The number of nitrogens with zero attached hydrogens (tertiary/aromatic N) is 3. The summed E-state index contributed by atoms with van der Waals surface area (Å²) in [7, 11) is 0.987. The molecule has 2 aromatic heterocycles. The minimum atomic E-state index is -4.22. The lowest BCUT2D eigenvalue weighted by molar-refractivity contribution is -0.127. The van der Waals surface area contributed by atoms with E-state index < -0.39 is 29.3 Å². The van der Waals surface area contributed by atoms with Crippen molar-refractivity contribution in [3.05, 3.63) is 64.9 Å². The molecule has 0 bridgehead atoms. The molecule has 1 aromatic carbocycles. The third-order valence-corrected chi connectivity index (χ3v) is 8.39. The third kappa shape index (κ3) is 7.43. The molecular formula is C28H36F4N4O2S. The first-order valence-electron chi connectivity index (χ1n) is 13.1. The van der Waals surface area contributed by atoms with Gasteiger partial charge in [-0.25, -0.2) is 9.50 Å². The van der Waals surface area contributed by atoms with Gasteiger partial charge in [0.25, 0.3) is 0 Å². The molecule has 1 unspecified atom stereocenters. The van der Waals surface area contributed by atoms with Crippen molar-refractivity contribution in [3.8, 4) is 0 Å². The van der Waals surface area contributed by atoms with Crippen LogP contribution in [-0.2, 0) is 27.4 Å². The molecule has 0 spiro atoms. The van der Waals surface area contributed by atoms with E-state index in [1.165, 1.54) is 18.2 Å². The Morgan fingerprint density at radius 3 is 2.33 bits per heavy atom. The molecule has 1 aliphatic carbocycles. The second-order valence-electron chi connectivity index (χ2n) is 10.2. The number of rotatable bonds is 3. The lowest BCUT2D eigenvalue weighted by atomic mass is 9.86. The first-order chi connectivity index (χ1) is 18.4. The average molecular weight is 569 g/mol. The number of nitrogens with one attached hydrogen (secondary N) is 1. The van der Waals surface area contributed by atoms with E-state index in [4.69, 9.17) is 0 Å². The summed E-state index contributed by atoms with van der Waals surface area (Å²) >= 11 is 0. The fraction of sp³-hybridized carbons (Fsp3) is 0.536. The van der Waals surface area contributed by atoms with Crippen molar-refractivity contribution in [3.63, 3.8) is 0 Å². The monoisotopic (exact) mass is 568 g/mol. The van der Waals surface area contributed by atoms with E-state index in [2.05, 4.69) is 29.2 Å². The fourth-order valence-electron chi connectivity index (χ4n) is 5.23. The zero-order valence-corrected chi connectivity index (χ0v) is 23.8. The van der Waals surface area contributed by atoms with Crippen molar-refractivity contribution in [1.29, 1.82) is 0 Å². The quantitative estimate of drug-likeness (QED) is 0.411. The van der Waals surface area contributed by atoms with Gasteiger partial charge in [-0.1, -0.05) is 52.0 Å². The number of aromatic nitrogens is 3. The maximum Gasteiger partial charge on any atom is 0.393 e. The Morgan fingerprint density at radius 1 is 1.15 bits per heavy atom. The Morgan fingerprint density at radius 2 is 1.77 bits per heavy atom. The van der Waals surface area contributed by atoms with Gasteiger partial charge in [-0.2, -0.15) is 17.6 Å². The number of hydrogen-bond acceptors (Lipinski definition) is 4. The molecule has 6 nitrogen and oxygen atoms in total. The van der Waals surface area contributed by atoms with Crippen LogP contribution < -0.4 is 5.32 Å². The molecule has 3 heterocycles. The van der Waals surface area contributed by atoms with E-state index in [0.29, 0.717) is 17.2 Å². The molecule has 39 heavy (non-hydrogen) atoms. The zero-order chi connectivity index (χ0) is 29.0. The molecule has 11 heteroatoms. The van der Waals surface area contributed by atoms with Gasteiger partial charge in [0.05, 0.1) is 12.1 Å². The average Bonchev–Trinajstić information content (AvgIpc) is 3.40. The van der Waals surface area contributed by atoms with Crippen LogP contribution in [0.25, 0.3) is 5.65 Å². The molecule has 1 amide bonds. The van der Waals surface area contributed by atoms with Gasteiger partial charge in [-0.15, -0.1) is 5.10 Å². The summed E-state index contributed by atoms with van der Waals surface area (Å²) in [6.45, 7) is 8.12. The smallest absolute Gasteiger partial charge is 0.359 e. The Hall–Kier alpha value is -2.82. The topological polar surface area (TPSA) is 76.4 Å². The summed E-state index contributed by atoms with van der Waals surface area (Å²) in [5, 5.41) is 6.54. The normalized spacial score (nSPS) is 21.7. The lowest BCUT2D eigenvalue weighted by Gasteiger charge is -2.19. The van der Waals surface area contributed by atoms with Gasteiger partial charge >= 0.3 is 6.18 Å². The van der Waals surface area contributed by atoms with E-state index in [0.717, 1.165) is 36.1 Å². The minimum Gasteiger partial charge on any atom is -0.359 e. The van der Waals surface area contributed by atoms with Crippen LogP contribution in [0.15, 0.2) is 36.5 Å². The number of carbonyl (C=O) groups excluding carboxylic acids is 1. The van der Waals surface area contributed by atoms with Crippen LogP contribution in [0.3, 0.4) is 0 Å². The van der Waals surface area contributed by atoms with Gasteiger partial charge in [-0.05, 0) is 30.4 Å². The summed E-state index contributed by atoms with van der Waals surface area (Å²) in [4.78, 5) is 15.4. The molecule has 0 saturated carbocycles. The van der Waals surface area contributed by atoms with E-state index in [9.17, 15) is 26.6 Å². The Labute approximate surface area is 229 Å². The van der Waals surface area contributed by atoms with Gasteiger partial charge in [-0.3, -0.25) is 9.00 Å². The maximum absolute atomic E-state index is 13.6. The van der Waals surface area contributed by atoms with Crippen LogP contribution in [-0.4, -0.2) is 49.4 Å². The molecule has 1 aliphatic heterocycles. The minimum absolute atomic E-state index is 0.0101. The number of carbonyl (C=O) groups is 1. The Balaban J connectivity index is 0.000000272. The Kier molecular flexibility index (Phi) is 9.90. The molecular weight excluding hydrogens is 532 g/mol. The molecule has 3 aromatic rings. The van der Waals surface area contributed by atoms with Crippen molar-refractivity contribution in [1.82, 2.24) is 19.9 Å². The number of hydrogen-bond donors (Lipinski definition) is 1. The number of benzene rings is 1. The maximum atomic E-state index is 13.6. The predicted octanol–water partition coefficient (Wildman–Crippen LogP) is 5.70. The van der Waals surface area contributed by atoms with Crippen LogP contribution in [0.2, 0.25) is 0 Å². The second kappa shape index (κ2) is 12.6. The third-order valence-electron chi connectivity index (χ3n) is 7.00. The highest BCUT2D eigenvalue weighted by Crippen LogP contribution is 2.48. The summed E-state index contributed by atoms with van der Waals surface area (Å²) < 4.78 is 63.7. The molecule has 214 valence electrons. The molecule has 1 N–H and O–H groups in total. The van der Waals surface area contributed by atoms with Crippen LogP contribution in [0.4, 0.5) is 17.6 Å². The molecule has 0 radical (unpaired) electrons. The van der Waals surface area contributed by atoms with Gasteiger partial charge in [0.15, 0.2) is 5.65 Å². The van der Waals surface area contributed by atoms with E-state index >= 15 is 0 Å². The molecule has 5 rings (SSSR count). The van der Waals surface area contributed by atoms with Crippen molar-refractivity contribution < 1.29 is 26.6 Å². The van der Waals surface area contributed by atoms with Crippen LogP contribution in [0.1, 0.15) is 75.3 Å². The van der Waals surface area contributed by atoms with Crippen LogP contribution in [0.5, 0.6) is 0 Å². The summed E-state index contributed by atoms with van der Waals surface area (Å²) in [5.41, 5.74) is 3.20. The second-order valence-corrected chi connectivity index (χ2v) is 11.9. The number of fused-ring (bicyclic) bond motifs is 3. The SMILES string of the molecule is CC.CC1(C)CC(c2ccc(CC(F)(F)F)cc2)c2cnc3cc(F)nn3c21.CNC(=O)C1CCS(=O)CC1. The lowest BCUT2D eigenvalue weighted by Crippen LogP contribution is -2.32. The first kappa shape index (κ1) is 30.7. The van der Waals surface area contributed by atoms with E-state index in [1.807, 2.05) is 13.8 Å². The van der Waals surface area contributed by atoms with Crippen LogP contribution >= 0.6 is 0 Å². The Bertz CT molecular complexity index is 1300.